The van der Waals surface area contributed by atoms with E-state index in [1.54, 1.807) is 16.7 Å². The number of nitrogens with zero attached hydrogens (tertiary/aromatic N) is 3. The number of hydrogen-bond donors (Lipinski definition) is 1. The third-order valence-electron chi connectivity index (χ3n) is 5.43. The molecule has 162 valence electrons. The Balaban J connectivity index is 1.51. The number of ether oxygens (including phenoxy) is 2. The standard InChI is InChI=1S/C21H20F2N4O4/c22-21(23)27-6-1-2-15(20(27)29)25-19(28)14-9-26-10-16(12-3-4-12)24-18(26)8-17(14)31-13-5-7-30-11-13/h1-2,6,8-10,12-13,21H,3-5,7,11H2,(H,25,28). The molecule has 2 aliphatic rings. The van der Waals surface area contributed by atoms with Crippen LogP contribution in [0.15, 0.2) is 41.6 Å². The summed E-state index contributed by atoms with van der Waals surface area (Å²) >= 11 is 0. The number of carbonyl (C=O) groups excluding carboxylic acids is 1. The van der Waals surface area contributed by atoms with Crippen molar-refractivity contribution < 1.29 is 23.0 Å². The fourth-order valence-corrected chi connectivity index (χ4v) is 3.61. The smallest absolute Gasteiger partial charge is 0.321 e. The molecule has 3 aromatic heterocycles. The van der Waals surface area contributed by atoms with E-state index in [1.165, 1.54) is 12.1 Å². The second-order valence-electron chi connectivity index (χ2n) is 7.73. The van der Waals surface area contributed by atoms with Crippen LogP contribution in [-0.2, 0) is 4.74 Å². The van der Waals surface area contributed by atoms with E-state index in [-0.39, 0.29) is 21.9 Å². The normalized spacial score (nSPS) is 18.6. The molecule has 5 rings (SSSR count). The molecule has 1 N–H and O–H groups in total. The summed E-state index contributed by atoms with van der Waals surface area (Å²) in [4.78, 5) is 29.9. The van der Waals surface area contributed by atoms with E-state index in [2.05, 4.69) is 10.3 Å². The molecular formula is C21H20F2N4O4. The van der Waals surface area contributed by atoms with Crippen molar-refractivity contribution in [3.8, 4) is 5.75 Å². The Hall–Kier alpha value is -3.27. The molecule has 1 aliphatic heterocycles. The predicted molar refractivity (Wildman–Crippen MR) is 107 cm³/mol. The molecule has 1 saturated heterocycles. The van der Waals surface area contributed by atoms with Gasteiger partial charge in [-0.1, -0.05) is 0 Å². The van der Waals surface area contributed by atoms with Crippen LogP contribution in [0.5, 0.6) is 5.75 Å². The van der Waals surface area contributed by atoms with Crippen LogP contribution in [0.4, 0.5) is 14.5 Å². The summed E-state index contributed by atoms with van der Waals surface area (Å²) in [7, 11) is 0. The van der Waals surface area contributed by atoms with Gasteiger partial charge in [0.2, 0.25) is 0 Å². The van der Waals surface area contributed by atoms with Gasteiger partial charge in [-0.25, -0.2) is 4.98 Å². The molecule has 8 nitrogen and oxygen atoms in total. The van der Waals surface area contributed by atoms with Crippen molar-refractivity contribution in [1.82, 2.24) is 14.0 Å². The Morgan fingerprint density at radius 3 is 2.84 bits per heavy atom. The molecule has 31 heavy (non-hydrogen) atoms. The first-order valence-corrected chi connectivity index (χ1v) is 10.1. The first-order valence-electron chi connectivity index (χ1n) is 10.1. The molecule has 10 heteroatoms. The van der Waals surface area contributed by atoms with Crippen LogP contribution < -0.4 is 15.6 Å². The van der Waals surface area contributed by atoms with Crippen LogP contribution in [0.3, 0.4) is 0 Å². The summed E-state index contributed by atoms with van der Waals surface area (Å²) in [5.74, 6) is 0.0991. The molecule has 1 atom stereocenters. The summed E-state index contributed by atoms with van der Waals surface area (Å²) in [6.45, 7) is -2.03. The van der Waals surface area contributed by atoms with Crippen LogP contribution >= 0.6 is 0 Å². The number of alkyl halides is 2. The van der Waals surface area contributed by atoms with Gasteiger partial charge in [-0.15, -0.1) is 0 Å². The number of imidazole rings is 1. The summed E-state index contributed by atoms with van der Waals surface area (Å²) in [6, 6.07) is 4.24. The number of halogens is 2. The highest BCUT2D eigenvalue weighted by Gasteiger charge is 2.28. The molecule has 4 heterocycles. The minimum Gasteiger partial charge on any atom is -0.487 e. The monoisotopic (exact) mass is 430 g/mol. The molecule has 0 aromatic carbocycles. The van der Waals surface area contributed by atoms with Gasteiger partial charge in [0.15, 0.2) is 0 Å². The Labute approximate surface area is 175 Å². The lowest BCUT2D eigenvalue weighted by molar-refractivity contribution is 0.0665. The quantitative estimate of drug-likeness (QED) is 0.649. The minimum absolute atomic E-state index is 0.172. The third kappa shape index (κ3) is 3.90. The number of fused-ring (bicyclic) bond motifs is 1. The van der Waals surface area contributed by atoms with Crippen LogP contribution in [-0.4, -0.2) is 39.2 Å². The van der Waals surface area contributed by atoms with E-state index >= 15 is 0 Å². The van der Waals surface area contributed by atoms with E-state index in [1.807, 2.05) is 6.20 Å². The Kier molecular flexibility index (Phi) is 4.93. The third-order valence-corrected chi connectivity index (χ3v) is 5.43. The van der Waals surface area contributed by atoms with Crippen molar-refractivity contribution in [2.75, 3.05) is 18.5 Å². The molecule has 0 bridgehead atoms. The molecule has 1 saturated carbocycles. The SMILES string of the molecule is O=C(Nc1cccn(C(F)F)c1=O)c1cn2cc(C3CC3)nc2cc1OC1CCOC1. The highest BCUT2D eigenvalue weighted by Crippen LogP contribution is 2.39. The molecule has 0 radical (unpaired) electrons. The van der Waals surface area contributed by atoms with Crippen molar-refractivity contribution in [2.24, 2.45) is 0 Å². The first-order chi connectivity index (χ1) is 15.0. The topological polar surface area (TPSA) is 86.9 Å². The van der Waals surface area contributed by atoms with Crippen LogP contribution in [0, 0.1) is 0 Å². The number of rotatable bonds is 6. The average Bonchev–Trinajstić information content (AvgIpc) is 3.31. The van der Waals surface area contributed by atoms with Crippen LogP contribution in [0.25, 0.3) is 5.65 Å². The largest absolute Gasteiger partial charge is 0.487 e. The number of anilines is 1. The maximum Gasteiger partial charge on any atom is 0.321 e. The van der Waals surface area contributed by atoms with Crippen LogP contribution in [0.2, 0.25) is 0 Å². The van der Waals surface area contributed by atoms with Gasteiger partial charge >= 0.3 is 6.55 Å². The fraction of sp³-hybridized carbons (Fsp3) is 0.381. The summed E-state index contributed by atoms with van der Waals surface area (Å²) in [5.41, 5.74) is 0.540. The molecule has 2 fully saturated rings. The van der Waals surface area contributed by atoms with Gasteiger partial charge in [-0.2, -0.15) is 8.78 Å². The highest BCUT2D eigenvalue weighted by atomic mass is 19.3. The predicted octanol–water partition coefficient (Wildman–Crippen LogP) is 3.19. The molecule has 3 aromatic rings. The Morgan fingerprint density at radius 1 is 1.29 bits per heavy atom. The number of nitrogens with one attached hydrogen (secondary N) is 1. The molecule has 1 aliphatic carbocycles. The molecule has 0 spiro atoms. The Morgan fingerprint density at radius 2 is 2.13 bits per heavy atom. The maximum atomic E-state index is 13.0. The van der Waals surface area contributed by atoms with Gasteiger partial charge in [0, 0.05) is 37.0 Å². The summed E-state index contributed by atoms with van der Waals surface area (Å²) in [6.07, 6.45) is 7.08. The van der Waals surface area contributed by atoms with Crippen LogP contribution in [0.1, 0.15) is 47.8 Å². The van der Waals surface area contributed by atoms with Crippen molar-refractivity contribution in [3.63, 3.8) is 0 Å². The van der Waals surface area contributed by atoms with E-state index < -0.39 is 18.0 Å². The lowest BCUT2D eigenvalue weighted by atomic mass is 10.2. The van der Waals surface area contributed by atoms with Crippen molar-refractivity contribution in [3.05, 3.63) is 58.4 Å². The van der Waals surface area contributed by atoms with Gasteiger partial charge in [0.1, 0.15) is 23.2 Å². The number of carbonyl (C=O) groups is 1. The Bertz CT molecular complexity index is 1200. The first kappa shape index (κ1) is 19.7. The lowest BCUT2D eigenvalue weighted by Gasteiger charge is -2.16. The van der Waals surface area contributed by atoms with Gasteiger partial charge in [-0.3, -0.25) is 14.2 Å². The number of aromatic nitrogens is 3. The summed E-state index contributed by atoms with van der Waals surface area (Å²) in [5, 5.41) is 2.44. The van der Waals surface area contributed by atoms with E-state index in [4.69, 9.17) is 9.47 Å². The number of amides is 1. The highest BCUT2D eigenvalue weighted by molar-refractivity contribution is 6.06. The van der Waals surface area contributed by atoms with Crippen molar-refractivity contribution in [1.29, 1.82) is 0 Å². The molecule has 1 unspecified atom stereocenters. The summed E-state index contributed by atoms with van der Waals surface area (Å²) < 4.78 is 39.4. The van der Waals surface area contributed by atoms with E-state index in [0.717, 1.165) is 24.7 Å². The van der Waals surface area contributed by atoms with E-state index in [0.29, 0.717) is 36.9 Å². The maximum absolute atomic E-state index is 13.0. The van der Waals surface area contributed by atoms with Crippen molar-refractivity contribution >= 4 is 17.2 Å². The van der Waals surface area contributed by atoms with Gasteiger partial charge in [-0.05, 0) is 25.0 Å². The zero-order chi connectivity index (χ0) is 21.5. The lowest BCUT2D eigenvalue weighted by Crippen LogP contribution is -2.26. The second kappa shape index (κ2) is 7.77. The fourth-order valence-electron chi connectivity index (χ4n) is 3.61. The van der Waals surface area contributed by atoms with E-state index in [9.17, 15) is 18.4 Å². The zero-order valence-corrected chi connectivity index (χ0v) is 16.5. The number of pyridine rings is 2. The average molecular weight is 430 g/mol. The molecule has 1 amide bonds. The minimum atomic E-state index is -3.01. The van der Waals surface area contributed by atoms with Crippen molar-refractivity contribution in [2.45, 2.75) is 37.8 Å². The van der Waals surface area contributed by atoms with Gasteiger partial charge in [0.05, 0.1) is 24.5 Å². The number of hydrogen-bond acceptors (Lipinski definition) is 5. The second-order valence-corrected chi connectivity index (χ2v) is 7.73. The van der Waals surface area contributed by atoms with Gasteiger partial charge < -0.3 is 19.2 Å². The van der Waals surface area contributed by atoms with Gasteiger partial charge in [0.25, 0.3) is 11.5 Å². The zero-order valence-electron chi connectivity index (χ0n) is 16.5. The molecular weight excluding hydrogens is 410 g/mol.